The van der Waals surface area contributed by atoms with E-state index in [1.54, 1.807) is 4.90 Å². The molecule has 0 saturated heterocycles. The molecule has 3 rings (SSSR count). The Bertz CT molecular complexity index is 721. The maximum Gasteiger partial charge on any atom is 0.415 e. The monoisotopic (exact) mass is 325 g/mol. The van der Waals surface area contributed by atoms with Crippen molar-refractivity contribution in [2.24, 2.45) is 0 Å². The second-order valence-corrected chi connectivity index (χ2v) is 7.11. The summed E-state index contributed by atoms with van der Waals surface area (Å²) in [6.45, 7) is 5.53. The Balaban J connectivity index is 1.95. The molecule has 1 N–H and O–H groups in total. The summed E-state index contributed by atoms with van der Waals surface area (Å²) in [6.07, 6.45) is -0.593. The predicted molar refractivity (Wildman–Crippen MR) is 94.0 cm³/mol. The van der Waals surface area contributed by atoms with Gasteiger partial charge in [0.25, 0.3) is 0 Å². The Hall–Kier alpha value is -2.33. The number of hydrogen-bond donors (Lipinski definition) is 1. The quantitative estimate of drug-likeness (QED) is 0.905. The molecular weight excluding hydrogens is 302 g/mol. The van der Waals surface area contributed by atoms with Gasteiger partial charge in [-0.1, -0.05) is 48.5 Å². The number of fused-ring (bicyclic) bond motifs is 1. The first kappa shape index (κ1) is 16.5. The van der Waals surface area contributed by atoms with E-state index in [0.717, 1.165) is 16.8 Å². The highest BCUT2D eigenvalue weighted by atomic mass is 16.6. The fourth-order valence-corrected chi connectivity index (χ4v) is 3.08. The molecule has 0 spiro atoms. The number of ether oxygens (including phenoxy) is 1. The number of aliphatic hydroxyl groups is 1. The molecule has 2 aromatic rings. The summed E-state index contributed by atoms with van der Waals surface area (Å²) in [5, 5.41) is 10.9. The highest BCUT2D eigenvalue weighted by Gasteiger charge is 2.40. The molecule has 4 heteroatoms. The van der Waals surface area contributed by atoms with Crippen LogP contribution < -0.4 is 4.90 Å². The molecule has 0 aromatic heterocycles. The summed E-state index contributed by atoms with van der Waals surface area (Å²) < 4.78 is 5.57. The molecule has 2 atom stereocenters. The van der Waals surface area contributed by atoms with Crippen molar-refractivity contribution in [3.05, 3.63) is 65.7 Å². The predicted octanol–water partition coefficient (Wildman–Crippen LogP) is 4.09. The average molecular weight is 325 g/mol. The Kier molecular flexibility index (Phi) is 4.33. The van der Waals surface area contributed by atoms with Gasteiger partial charge in [-0.3, -0.25) is 4.90 Å². The number of carbonyl (C=O) groups is 1. The molecule has 1 aliphatic rings. The molecule has 0 radical (unpaired) electrons. The third-order valence-corrected chi connectivity index (χ3v) is 4.11. The Morgan fingerprint density at radius 3 is 2.42 bits per heavy atom. The highest BCUT2D eigenvalue weighted by Crippen LogP contribution is 2.38. The second kappa shape index (κ2) is 6.29. The number of carbonyl (C=O) groups excluding carboxylic acids is 1. The summed E-state index contributed by atoms with van der Waals surface area (Å²) in [4.78, 5) is 14.4. The van der Waals surface area contributed by atoms with Crippen LogP contribution in [-0.4, -0.2) is 22.8 Å². The van der Waals surface area contributed by atoms with Crippen LogP contribution in [0.2, 0.25) is 0 Å². The number of aliphatic hydroxyl groups excluding tert-OH is 1. The molecule has 4 nitrogen and oxygen atoms in total. The van der Waals surface area contributed by atoms with Gasteiger partial charge < -0.3 is 9.84 Å². The van der Waals surface area contributed by atoms with Gasteiger partial charge in [0.2, 0.25) is 0 Å². The number of benzene rings is 2. The van der Waals surface area contributed by atoms with Crippen LogP contribution in [0.4, 0.5) is 10.5 Å². The van der Waals surface area contributed by atoms with Gasteiger partial charge in [-0.2, -0.15) is 0 Å². The van der Waals surface area contributed by atoms with Gasteiger partial charge in [0.15, 0.2) is 0 Å². The zero-order valence-corrected chi connectivity index (χ0v) is 14.3. The minimum atomic E-state index is -0.772. The van der Waals surface area contributed by atoms with Crippen molar-refractivity contribution >= 4 is 11.8 Å². The van der Waals surface area contributed by atoms with E-state index in [0.29, 0.717) is 6.42 Å². The SMILES string of the molecule is CC(C)(C)OC(=O)N1c2ccccc2C[C@H]1[C@@H](O)c1ccccc1. The van der Waals surface area contributed by atoms with Crippen molar-refractivity contribution in [1.29, 1.82) is 0 Å². The highest BCUT2D eigenvalue weighted by molar-refractivity contribution is 5.91. The molecule has 0 fully saturated rings. The maximum absolute atomic E-state index is 12.8. The lowest BCUT2D eigenvalue weighted by atomic mass is 9.99. The molecule has 1 aliphatic heterocycles. The average Bonchev–Trinajstić information content (AvgIpc) is 2.93. The summed E-state index contributed by atoms with van der Waals surface area (Å²) in [6, 6.07) is 16.8. The first-order valence-corrected chi connectivity index (χ1v) is 8.20. The molecule has 0 unspecified atom stereocenters. The minimum Gasteiger partial charge on any atom is -0.443 e. The van der Waals surface area contributed by atoms with Crippen molar-refractivity contribution in [3.8, 4) is 0 Å². The van der Waals surface area contributed by atoms with Gasteiger partial charge in [0.1, 0.15) is 11.7 Å². The van der Waals surface area contributed by atoms with E-state index >= 15 is 0 Å². The van der Waals surface area contributed by atoms with E-state index in [9.17, 15) is 9.90 Å². The van der Waals surface area contributed by atoms with Crippen molar-refractivity contribution in [2.75, 3.05) is 4.90 Å². The number of amides is 1. The van der Waals surface area contributed by atoms with Crippen molar-refractivity contribution in [3.63, 3.8) is 0 Å². The summed E-state index contributed by atoms with van der Waals surface area (Å²) in [7, 11) is 0. The minimum absolute atomic E-state index is 0.375. The Morgan fingerprint density at radius 1 is 1.12 bits per heavy atom. The zero-order chi connectivity index (χ0) is 17.3. The fourth-order valence-electron chi connectivity index (χ4n) is 3.08. The van der Waals surface area contributed by atoms with Crippen LogP contribution in [0.3, 0.4) is 0 Å². The third-order valence-electron chi connectivity index (χ3n) is 4.11. The van der Waals surface area contributed by atoms with Crippen LogP contribution in [0, 0.1) is 0 Å². The standard InChI is InChI=1S/C20H23NO3/c1-20(2,3)24-19(23)21-16-12-8-7-11-15(16)13-17(21)18(22)14-9-5-4-6-10-14/h4-12,17-18,22H,13H2,1-3H3/t17-,18-/m0/s1. The van der Waals surface area contributed by atoms with Gasteiger partial charge in [-0.25, -0.2) is 4.79 Å². The lowest BCUT2D eigenvalue weighted by molar-refractivity contribution is 0.0520. The summed E-state index contributed by atoms with van der Waals surface area (Å²) >= 11 is 0. The van der Waals surface area contributed by atoms with Gasteiger partial charge in [0, 0.05) is 0 Å². The van der Waals surface area contributed by atoms with Crippen molar-refractivity contribution in [1.82, 2.24) is 0 Å². The molecule has 2 aromatic carbocycles. The lowest BCUT2D eigenvalue weighted by Crippen LogP contribution is -2.44. The number of rotatable bonds is 2. The van der Waals surface area contributed by atoms with Crippen LogP contribution >= 0.6 is 0 Å². The molecule has 126 valence electrons. The first-order valence-electron chi connectivity index (χ1n) is 8.20. The molecule has 0 saturated carbocycles. The Labute approximate surface area is 142 Å². The number of anilines is 1. The molecular formula is C20H23NO3. The molecule has 1 heterocycles. The van der Waals surface area contributed by atoms with Crippen LogP contribution in [-0.2, 0) is 11.2 Å². The lowest BCUT2D eigenvalue weighted by Gasteiger charge is -2.31. The fraction of sp³-hybridized carbons (Fsp3) is 0.350. The van der Waals surface area contributed by atoms with Gasteiger partial charge in [0.05, 0.1) is 11.7 Å². The zero-order valence-electron chi connectivity index (χ0n) is 14.3. The third kappa shape index (κ3) is 3.29. The molecule has 0 aliphatic carbocycles. The van der Waals surface area contributed by atoms with E-state index in [1.807, 2.05) is 75.4 Å². The van der Waals surface area contributed by atoms with Gasteiger partial charge in [-0.15, -0.1) is 0 Å². The van der Waals surface area contributed by atoms with E-state index in [2.05, 4.69) is 0 Å². The van der Waals surface area contributed by atoms with E-state index in [4.69, 9.17) is 4.74 Å². The Morgan fingerprint density at radius 2 is 1.75 bits per heavy atom. The van der Waals surface area contributed by atoms with Crippen LogP contribution in [0.25, 0.3) is 0 Å². The van der Waals surface area contributed by atoms with Crippen LogP contribution in [0.15, 0.2) is 54.6 Å². The molecule has 0 bridgehead atoms. The second-order valence-electron chi connectivity index (χ2n) is 7.11. The summed E-state index contributed by atoms with van der Waals surface area (Å²) in [5.74, 6) is 0. The summed E-state index contributed by atoms with van der Waals surface area (Å²) in [5.41, 5.74) is 2.07. The van der Waals surface area contributed by atoms with E-state index in [-0.39, 0.29) is 6.04 Å². The van der Waals surface area contributed by atoms with Crippen molar-refractivity contribution in [2.45, 2.75) is 44.9 Å². The van der Waals surface area contributed by atoms with E-state index in [1.165, 1.54) is 0 Å². The molecule has 1 amide bonds. The van der Waals surface area contributed by atoms with Crippen LogP contribution in [0.5, 0.6) is 0 Å². The number of nitrogens with zero attached hydrogens (tertiary/aromatic N) is 1. The molecule has 24 heavy (non-hydrogen) atoms. The van der Waals surface area contributed by atoms with Crippen molar-refractivity contribution < 1.29 is 14.6 Å². The largest absolute Gasteiger partial charge is 0.443 e. The maximum atomic E-state index is 12.8. The topological polar surface area (TPSA) is 49.8 Å². The number of hydrogen-bond acceptors (Lipinski definition) is 3. The first-order chi connectivity index (χ1) is 11.4. The smallest absolute Gasteiger partial charge is 0.415 e. The van der Waals surface area contributed by atoms with E-state index < -0.39 is 17.8 Å². The number of para-hydroxylation sites is 1. The van der Waals surface area contributed by atoms with Gasteiger partial charge in [-0.05, 0) is 44.4 Å². The van der Waals surface area contributed by atoms with Gasteiger partial charge >= 0.3 is 6.09 Å². The normalized spacial score (nSPS) is 18.2. The van der Waals surface area contributed by atoms with Crippen LogP contribution in [0.1, 0.15) is 38.0 Å².